The van der Waals surface area contributed by atoms with Crippen LogP contribution in [0.25, 0.3) is 0 Å². The van der Waals surface area contributed by atoms with E-state index >= 15 is 0 Å². The van der Waals surface area contributed by atoms with E-state index in [4.69, 9.17) is 19.0 Å². The van der Waals surface area contributed by atoms with Crippen LogP contribution in [0.4, 0.5) is 0 Å². The number of nitrogens with zero attached hydrogens (tertiary/aromatic N) is 1. The summed E-state index contributed by atoms with van der Waals surface area (Å²) in [5, 5.41) is 4.09. The van der Waals surface area contributed by atoms with E-state index in [0.717, 1.165) is 11.3 Å². The first-order valence-electron chi connectivity index (χ1n) is 6.47. The number of rotatable bonds is 2. The summed E-state index contributed by atoms with van der Waals surface area (Å²) in [4.78, 5) is 17.7. The third-order valence-corrected chi connectivity index (χ3v) is 3.90. The van der Waals surface area contributed by atoms with Crippen LogP contribution in [0, 0.1) is 5.92 Å². The molecule has 6 nitrogen and oxygen atoms in total. The summed E-state index contributed by atoms with van der Waals surface area (Å²) >= 11 is 0. The van der Waals surface area contributed by atoms with Crippen LogP contribution in [0.15, 0.2) is 29.4 Å². The second kappa shape index (κ2) is 4.29. The number of carbonyl (C=O) groups excluding carboxylic acids is 1. The van der Waals surface area contributed by atoms with E-state index < -0.39 is 12.2 Å². The van der Waals surface area contributed by atoms with Gasteiger partial charge >= 0.3 is 0 Å². The Hall–Kier alpha value is -1.92. The molecular formula is C14H13NO5. The van der Waals surface area contributed by atoms with Gasteiger partial charge < -0.3 is 19.0 Å². The smallest absolute Gasteiger partial charge is 0.219 e. The second-order valence-electron chi connectivity index (χ2n) is 4.99. The predicted octanol–water partition coefficient (Wildman–Crippen LogP) is 0.738. The molecule has 104 valence electrons. The molecule has 2 unspecified atom stereocenters. The number of ether oxygens (including phenoxy) is 3. The van der Waals surface area contributed by atoms with Crippen molar-refractivity contribution in [2.75, 3.05) is 13.7 Å². The molecule has 1 aromatic carbocycles. The van der Waals surface area contributed by atoms with E-state index in [2.05, 4.69) is 5.16 Å². The van der Waals surface area contributed by atoms with Crippen LogP contribution in [0.3, 0.4) is 0 Å². The molecule has 3 aliphatic rings. The molecule has 3 aliphatic heterocycles. The van der Waals surface area contributed by atoms with Gasteiger partial charge in [0.25, 0.3) is 0 Å². The van der Waals surface area contributed by atoms with E-state index in [1.807, 2.05) is 24.3 Å². The van der Waals surface area contributed by atoms with Crippen molar-refractivity contribution < 1.29 is 23.8 Å². The van der Waals surface area contributed by atoms with E-state index in [-0.39, 0.29) is 18.0 Å². The van der Waals surface area contributed by atoms with Crippen molar-refractivity contribution in [3.8, 4) is 5.75 Å². The van der Waals surface area contributed by atoms with Crippen LogP contribution in [-0.4, -0.2) is 43.7 Å². The molecule has 3 heterocycles. The Balaban J connectivity index is 1.67. The quantitative estimate of drug-likeness (QED) is 0.796. The third-order valence-electron chi connectivity index (χ3n) is 3.90. The van der Waals surface area contributed by atoms with Crippen molar-refractivity contribution in [1.29, 1.82) is 0 Å². The number of fused-ring (bicyclic) bond motifs is 4. The number of hydrogen-bond donors (Lipinski definition) is 0. The second-order valence-corrected chi connectivity index (χ2v) is 4.99. The highest BCUT2D eigenvalue weighted by molar-refractivity contribution is 6.15. The van der Waals surface area contributed by atoms with Crippen molar-refractivity contribution in [2.45, 2.75) is 18.5 Å². The highest BCUT2D eigenvalue weighted by Gasteiger charge is 2.56. The van der Waals surface area contributed by atoms with Gasteiger partial charge in [-0.15, -0.1) is 0 Å². The molecule has 0 saturated carbocycles. The van der Waals surface area contributed by atoms with Gasteiger partial charge in [0.1, 0.15) is 23.5 Å². The Labute approximate surface area is 115 Å². The minimum Gasteiger partial charge on any atom is -0.497 e. The average molecular weight is 275 g/mol. The molecular weight excluding hydrogens is 262 g/mol. The van der Waals surface area contributed by atoms with Crippen LogP contribution in [0.2, 0.25) is 0 Å². The summed E-state index contributed by atoms with van der Waals surface area (Å²) in [5.41, 5.74) is 1.50. The normalized spacial score (nSPS) is 34.5. The fourth-order valence-corrected chi connectivity index (χ4v) is 2.85. The lowest BCUT2D eigenvalue weighted by Gasteiger charge is -2.27. The Morgan fingerprint density at radius 2 is 2.10 bits per heavy atom. The minimum atomic E-state index is -0.772. The van der Waals surface area contributed by atoms with Crippen LogP contribution < -0.4 is 4.74 Å². The number of carbonyl (C=O) groups is 1. The Morgan fingerprint density at radius 3 is 2.85 bits per heavy atom. The molecule has 4 rings (SSSR count). The summed E-state index contributed by atoms with van der Waals surface area (Å²) in [7, 11) is 1.61. The molecule has 2 saturated heterocycles. The average Bonchev–Trinajstić information content (AvgIpc) is 3.11. The maximum Gasteiger partial charge on any atom is 0.219 e. The molecule has 0 aliphatic carbocycles. The lowest BCUT2D eigenvalue weighted by molar-refractivity contribution is -0.169. The molecule has 1 aromatic rings. The monoisotopic (exact) mass is 275 g/mol. The maximum absolute atomic E-state index is 12.3. The molecule has 2 bridgehead atoms. The summed E-state index contributed by atoms with van der Waals surface area (Å²) < 4.78 is 15.9. The highest BCUT2D eigenvalue weighted by atomic mass is 16.7. The van der Waals surface area contributed by atoms with E-state index in [1.165, 1.54) is 0 Å². The fourth-order valence-electron chi connectivity index (χ4n) is 2.85. The molecule has 0 aromatic heterocycles. The van der Waals surface area contributed by atoms with Gasteiger partial charge in [-0.1, -0.05) is 5.16 Å². The number of methoxy groups -OCH3 is 1. The Bertz CT molecular complexity index is 582. The van der Waals surface area contributed by atoms with E-state index in [9.17, 15) is 4.79 Å². The van der Waals surface area contributed by atoms with Gasteiger partial charge in [0.05, 0.1) is 13.7 Å². The molecule has 20 heavy (non-hydrogen) atoms. The standard InChI is InChI=1S/C14H13NO5/c1-17-8-4-2-7(3-5-8)11-10-12(16)14-18-6-9(19-14)13(10)20-15-11/h2-5,9-10,13-14H,6H2,1H3/t9?,10?,13-,14+/m1/s1. The van der Waals surface area contributed by atoms with Crippen molar-refractivity contribution in [3.63, 3.8) is 0 Å². The SMILES string of the molecule is COc1ccc(C2=NO[C@@H]3C4CO[C@@H](O4)C(=O)C23)cc1. The van der Waals surface area contributed by atoms with Gasteiger partial charge in [-0.05, 0) is 24.3 Å². The summed E-state index contributed by atoms with van der Waals surface area (Å²) in [6.07, 6.45) is -1.37. The Morgan fingerprint density at radius 1 is 1.30 bits per heavy atom. The van der Waals surface area contributed by atoms with Crippen LogP contribution >= 0.6 is 0 Å². The first kappa shape index (κ1) is 11.9. The number of ketones is 1. The van der Waals surface area contributed by atoms with Gasteiger partial charge in [-0.2, -0.15) is 0 Å². The molecule has 0 amide bonds. The van der Waals surface area contributed by atoms with Crippen LogP contribution in [0.5, 0.6) is 5.75 Å². The van der Waals surface area contributed by atoms with Crippen molar-refractivity contribution in [3.05, 3.63) is 29.8 Å². The third kappa shape index (κ3) is 1.58. The zero-order valence-electron chi connectivity index (χ0n) is 10.8. The van der Waals surface area contributed by atoms with Crippen molar-refractivity contribution in [2.24, 2.45) is 11.1 Å². The summed E-state index contributed by atoms with van der Waals surface area (Å²) in [6.45, 7) is 0.378. The van der Waals surface area contributed by atoms with Gasteiger partial charge in [-0.3, -0.25) is 4.79 Å². The van der Waals surface area contributed by atoms with Crippen molar-refractivity contribution >= 4 is 11.5 Å². The van der Waals surface area contributed by atoms with E-state index in [0.29, 0.717) is 12.3 Å². The van der Waals surface area contributed by atoms with Gasteiger partial charge in [-0.25, -0.2) is 0 Å². The summed E-state index contributed by atoms with van der Waals surface area (Å²) in [6, 6.07) is 7.41. The first-order chi connectivity index (χ1) is 9.78. The Kier molecular flexibility index (Phi) is 2.55. The first-order valence-corrected chi connectivity index (χ1v) is 6.47. The predicted molar refractivity (Wildman–Crippen MR) is 67.5 cm³/mol. The number of benzene rings is 1. The van der Waals surface area contributed by atoms with E-state index in [1.54, 1.807) is 7.11 Å². The number of oxime groups is 1. The van der Waals surface area contributed by atoms with Crippen LogP contribution in [-0.2, 0) is 19.1 Å². The van der Waals surface area contributed by atoms with Crippen LogP contribution in [0.1, 0.15) is 5.56 Å². The molecule has 0 spiro atoms. The van der Waals surface area contributed by atoms with Gasteiger partial charge in [0.15, 0.2) is 6.10 Å². The molecule has 6 heteroatoms. The fraction of sp³-hybridized carbons (Fsp3) is 0.429. The lowest BCUT2D eigenvalue weighted by atomic mass is 9.85. The zero-order chi connectivity index (χ0) is 13.7. The molecule has 4 atom stereocenters. The topological polar surface area (TPSA) is 66.3 Å². The number of Topliss-reactive ketones (excluding diaryl/α,β-unsaturated/α-hetero) is 1. The maximum atomic E-state index is 12.3. The molecule has 0 radical (unpaired) electrons. The molecule has 2 fully saturated rings. The lowest BCUT2D eigenvalue weighted by Crippen LogP contribution is -2.48. The van der Waals surface area contributed by atoms with Gasteiger partial charge in [0.2, 0.25) is 12.1 Å². The molecule has 0 N–H and O–H groups in total. The van der Waals surface area contributed by atoms with Gasteiger partial charge in [0, 0.05) is 5.56 Å². The minimum absolute atomic E-state index is 0.115. The summed E-state index contributed by atoms with van der Waals surface area (Å²) in [5.74, 6) is 0.233. The number of hydrogen-bond acceptors (Lipinski definition) is 6. The zero-order valence-corrected chi connectivity index (χ0v) is 10.8. The highest BCUT2D eigenvalue weighted by Crippen LogP contribution is 2.37. The van der Waals surface area contributed by atoms with Crippen molar-refractivity contribution in [1.82, 2.24) is 0 Å². The largest absolute Gasteiger partial charge is 0.497 e.